The fourth-order valence-electron chi connectivity index (χ4n) is 2.30. The molecule has 5 nitrogen and oxygen atoms in total. The number of benzene rings is 1. The van der Waals surface area contributed by atoms with E-state index >= 15 is 0 Å². The Morgan fingerprint density at radius 3 is 2.86 bits per heavy atom. The van der Waals surface area contributed by atoms with Crippen molar-refractivity contribution >= 4 is 21.9 Å². The molecule has 1 aliphatic rings. The molecule has 0 fully saturated rings. The van der Waals surface area contributed by atoms with Crippen LogP contribution in [0.4, 0.5) is 0 Å². The highest BCUT2D eigenvalue weighted by Crippen LogP contribution is 2.38. The minimum absolute atomic E-state index is 0.390. The highest BCUT2D eigenvalue weighted by molar-refractivity contribution is 9.10. The fourth-order valence-corrected chi connectivity index (χ4v) is 2.90. The van der Waals surface area contributed by atoms with Crippen LogP contribution in [-0.4, -0.2) is 42.8 Å². The molecule has 0 amide bonds. The fraction of sp³-hybridized carbons (Fsp3) is 0.533. The summed E-state index contributed by atoms with van der Waals surface area (Å²) < 4.78 is 12.2. The molecule has 0 aliphatic carbocycles. The van der Waals surface area contributed by atoms with E-state index in [0.29, 0.717) is 26.3 Å². The summed E-state index contributed by atoms with van der Waals surface area (Å²) in [6.07, 6.45) is 0.868. The number of carbonyl (C=O) groups is 1. The summed E-state index contributed by atoms with van der Waals surface area (Å²) in [5.74, 6) is 0.329. The molecule has 0 radical (unpaired) electrons. The van der Waals surface area contributed by atoms with Crippen LogP contribution in [0.15, 0.2) is 16.6 Å². The van der Waals surface area contributed by atoms with Gasteiger partial charge in [-0.05, 0) is 40.7 Å². The molecule has 0 aromatic heterocycles. The first-order valence-corrected chi connectivity index (χ1v) is 7.76. The molecule has 1 N–H and O–H groups in total. The molecule has 116 valence electrons. The number of aliphatic carboxylic acids is 1. The van der Waals surface area contributed by atoms with E-state index in [0.717, 1.165) is 28.0 Å². The molecule has 2 rings (SSSR count). The van der Waals surface area contributed by atoms with Gasteiger partial charge in [0.05, 0.1) is 23.6 Å². The zero-order chi connectivity index (χ0) is 15.4. The molecule has 1 unspecified atom stereocenters. The van der Waals surface area contributed by atoms with E-state index in [1.54, 1.807) is 6.92 Å². The van der Waals surface area contributed by atoms with Crippen molar-refractivity contribution in [1.29, 1.82) is 0 Å². The first-order chi connectivity index (χ1) is 9.97. The zero-order valence-corrected chi connectivity index (χ0v) is 13.9. The number of halogens is 1. The lowest BCUT2D eigenvalue weighted by atomic mass is 10.1. The van der Waals surface area contributed by atoms with Crippen LogP contribution in [-0.2, 0) is 11.3 Å². The van der Waals surface area contributed by atoms with Crippen LogP contribution in [0.2, 0.25) is 0 Å². The summed E-state index contributed by atoms with van der Waals surface area (Å²) in [4.78, 5) is 12.9. The van der Waals surface area contributed by atoms with Crippen molar-refractivity contribution < 1.29 is 19.4 Å². The SMILES string of the molecule is CC(CN(C)Cc1cc(Br)c2c(c1)OCCCO2)C(=O)O. The van der Waals surface area contributed by atoms with Crippen molar-refractivity contribution in [2.45, 2.75) is 19.9 Å². The topological polar surface area (TPSA) is 59.0 Å². The number of ether oxygens (including phenoxy) is 2. The summed E-state index contributed by atoms with van der Waals surface area (Å²) in [5.41, 5.74) is 1.06. The van der Waals surface area contributed by atoms with Gasteiger partial charge in [-0.3, -0.25) is 4.79 Å². The lowest BCUT2D eigenvalue weighted by molar-refractivity contribution is -0.141. The predicted molar refractivity (Wildman–Crippen MR) is 82.9 cm³/mol. The minimum atomic E-state index is -0.776. The van der Waals surface area contributed by atoms with Gasteiger partial charge in [0.1, 0.15) is 0 Å². The van der Waals surface area contributed by atoms with Gasteiger partial charge in [-0.15, -0.1) is 0 Å². The van der Waals surface area contributed by atoms with Gasteiger partial charge in [0.15, 0.2) is 11.5 Å². The number of hydrogen-bond donors (Lipinski definition) is 1. The Kier molecular flexibility index (Phi) is 5.47. The van der Waals surface area contributed by atoms with E-state index in [2.05, 4.69) is 15.9 Å². The summed E-state index contributed by atoms with van der Waals surface area (Å²) in [6.45, 7) is 4.17. The van der Waals surface area contributed by atoms with Crippen molar-refractivity contribution in [3.05, 3.63) is 22.2 Å². The average molecular weight is 358 g/mol. The third kappa shape index (κ3) is 4.35. The van der Waals surface area contributed by atoms with E-state index in [1.165, 1.54) is 0 Å². The van der Waals surface area contributed by atoms with E-state index in [-0.39, 0.29) is 5.92 Å². The molecule has 1 aromatic rings. The van der Waals surface area contributed by atoms with Gasteiger partial charge < -0.3 is 19.5 Å². The second-order valence-corrected chi connectivity index (χ2v) is 6.25. The van der Waals surface area contributed by atoms with Crippen LogP contribution in [0, 0.1) is 5.92 Å². The summed E-state index contributed by atoms with van der Waals surface area (Å²) in [5, 5.41) is 8.96. The third-order valence-electron chi connectivity index (χ3n) is 3.32. The third-order valence-corrected chi connectivity index (χ3v) is 3.91. The van der Waals surface area contributed by atoms with Gasteiger partial charge in [0.25, 0.3) is 0 Å². The number of carboxylic acids is 1. The van der Waals surface area contributed by atoms with Crippen LogP contribution in [0.1, 0.15) is 18.9 Å². The average Bonchev–Trinajstić information content (AvgIpc) is 2.63. The van der Waals surface area contributed by atoms with Crippen molar-refractivity contribution in [3.8, 4) is 11.5 Å². The first-order valence-electron chi connectivity index (χ1n) is 6.96. The molecule has 0 saturated heterocycles. The Morgan fingerprint density at radius 2 is 2.14 bits per heavy atom. The monoisotopic (exact) mass is 357 g/mol. The van der Waals surface area contributed by atoms with Crippen LogP contribution in [0.3, 0.4) is 0 Å². The van der Waals surface area contributed by atoms with Gasteiger partial charge in [-0.2, -0.15) is 0 Å². The van der Waals surface area contributed by atoms with Gasteiger partial charge >= 0.3 is 5.97 Å². The van der Waals surface area contributed by atoms with Gasteiger partial charge in [0, 0.05) is 19.5 Å². The molecule has 1 heterocycles. The Hall–Kier alpha value is -1.27. The van der Waals surface area contributed by atoms with Crippen LogP contribution in [0.5, 0.6) is 11.5 Å². The molecule has 0 saturated carbocycles. The van der Waals surface area contributed by atoms with Gasteiger partial charge in [-0.25, -0.2) is 0 Å². The van der Waals surface area contributed by atoms with Crippen LogP contribution in [0.25, 0.3) is 0 Å². The maximum absolute atomic E-state index is 10.9. The molecule has 1 aliphatic heterocycles. The normalized spacial score (nSPS) is 15.6. The Morgan fingerprint density at radius 1 is 1.43 bits per heavy atom. The maximum Gasteiger partial charge on any atom is 0.307 e. The van der Waals surface area contributed by atoms with Crippen molar-refractivity contribution in [2.24, 2.45) is 5.92 Å². The van der Waals surface area contributed by atoms with E-state index in [9.17, 15) is 4.79 Å². The van der Waals surface area contributed by atoms with E-state index in [1.807, 2.05) is 24.1 Å². The standard InChI is InChI=1S/C15H20BrNO4/c1-10(15(18)19)8-17(2)9-11-6-12(16)14-13(7-11)20-4-3-5-21-14/h6-7,10H,3-5,8-9H2,1-2H3,(H,18,19). The van der Waals surface area contributed by atoms with Crippen molar-refractivity contribution in [1.82, 2.24) is 4.90 Å². The lowest BCUT2D eigenvalue weighted by Crippen LogP contribution is -2.28. The van der Waals surface area contributed by atoms with Gasteiger partial charge in [0.2, 0.25) is 0 Å². The quantitative estimate of drug-likeness (QED) is 0.877. The Balaban J connectivity index is 2.08. The maximum atomic E-state index is 10.9. The Labute approximate surface area is 133 Å². The molecule has 6 heteroatoms. The lowest BCUT2D eigenvalue weighted by Gasteiger charge is -2.20. The largest absolute Gasteiger partial charge is 0.490 e. The summed E-state index contributed by atoms with van der Waals surface area (Å²) >= 11 is 3.51. The summed E-state index contributed by atoms with van der Waals surface area (Å²) in [7, 11) is 1.91. The number of rotatable bonds is 5. The second-order valence-electron chi connectivity index (χ2n) is 5.39. The highest BCUT2D eigenvalue weighted by atomic mass is 79.9. The Bertz CT molecular complexity index is 521. The molecule has 0 spiro atoms. The van der Waals surface area contributed by atoms with Crippen molar-refractivity contribution in [3.63, 3.8) is 0 Å². The first kappa shape index (κ1) is 16.1. The van der Waals surface area contributed by atoms with E-state index in [4.69, 9.17) is 14.6 Å². The molecule has 21 heavy (non-hydrogen) atoms. The van der Waals surface area contributed by atoms with Crippen LogP contribution < -0.4 is 9.47 Å². The molecular weight excluding hydrogens is 338 g/mol. The smallest absolute Gasteiger partial charge is 0.307 e. The number of nitrogens with zero attached hydrogens (tertiary/aromatic N) is 1. The zero-order valence-electron chi connectivity index (χ0n) is 12.3. The molecule has 0 bridgehead atoms. The second kappa shape index (κ2) is 7.13. The number of hydrogen-bond acceptors (Lipinski definition) is 4. The molecule has 1 atom stereocenters. The molecule has 1 aromatic carbocycles. The minimum Gasteiger partial charge on any atom is -0.490 e. The predicted octanol–water partition coefficient (Wildman–Crippen LogP) is 2.76. The van der Waals surface area contributed by atoms with Crippen molar-refractivity contribution in [2.75, 3.05) is 26.8 Å². The summed E-state index contributed by atoms with van der Waals surface area (Å²) in [6, 6.07) is 3.96. The number of fused-ring (bicyclic) bond motifs is 1. The number of carboxylic acid groups (broad SMARTS) is 1. The van der Waals surface area contributed by atoms with E-state index < -0.39 is 5.97 Å². The molecular formula is C15H20BrNO4. The van der Waals surface area contributed by atoms with Crippen LogP contribution >= 0.6 is 15.9 Å². The highest BCUT2D eigenvalue weighted by Gasteiger charge is 2.17. The van der Waals surface area contributed by atoms with Gasteiger partial charge in [-0.1, -0.05) is 6.92 Å².